The van der Waals surface area contributed by atoms with Gasteiger partial charge in [0.15, 0.2) is 0 Å². The number of benzene rings is 2. The van der Waals surface area contributed by atoms with Crippen LogP contribution >= 0.6 is 0 Å². The van der Waals surface area contributed by atoms with Gasteiger partial charge in [-0.05, 0) is 60.2 Å². The van der Waals surface area contributed by atoms with Crippen LogP contribution in [0.25, 0.3) is 0 Å². The van der Waals surface area contributed by atoms with Gasteiger partial charge in [-0.2, -0.15) is 0 Å². The van der Waals surface area contributed by atoms with Crippen molar-refractivity contribution in [1.29, 1.82) is 4.78 Å². The highest BCUT2D eigenvalue weighted by molar-refractivity contribution is 7.91. The van der Waals surface area contributed by atoms with Gasteiger partial charge >= 0.3 is 0 Å². The number of hydrogen-bond acceptors (Lipinski definition) is 4. The van der Waals surface area contributed by atoms with Gasteiger partial charge in [0.2, 0.25) is 0 Å². The van der Waals surface area contributed by atoms with Crippen LogP contribution in [-0.4, -0.2) is 35.1 Å². The van der Waals surface area contributed by atoms with Crippen molar-refractivity contribution < 1.29 is 8.95 Å². The lowest BCUT2D eigenvalue weighted by molar-refractivity contribution is 0.220. The zero-order chi connectivity index (χ0) is 18.3. The summed E-state index contributed by atoms with van der Waals surface area (Å²) in [6, 6.07) is 12.9. The van der Waals surface area contributed by atoms with Crippen molar-refractivity contribution in [1.82, 2.24) is 4.90 Å². The predicted molar refractivity (Wildman–Crippen MR) is 105 cm³/mol. The average Bonchev–Trinajstić information content (AvgIpc) is 2.98. The molecule has 2 aliphatic heterocycles. The number of nitrogens with zero attached hydrogens (tertiary/aromatic N) is 1. The smallest absolute Gasteiger partial charge is 0.122 e. The topological polar surface area (TPSA) is 53.4 Å². The predicted octanol–water partition coefficient (Wildman–Crippen LogP) is 3.82. The molecule has 4 nitrogen and oxygen atoms in total. The van der Waals surface area contributed by atoms with E-state index in [9.17, 15) is 4.21 Å². The minimum absolute atomic E-state index is 0.338. The summed E-state index contributed by atoms with van der Waals surface area (Å²) < 4.78 is 25.6. The molecule has 1 unspecified atom stereocenters. The summed E-state index contributed by atoms with van der Waals surface area (Å²) in [7, 11) is -2.65. The quantitative estimate of drug-likeness (QED) is 0.894. The first-order chi connectivity index (χ1) is 12.4. The van der Waals surface area contributed by atoms with Gasteiger partial charge in [0, 0.05) is 36.7 Å². The zero-order valence-corrected chi connectivity index (χ0v) is 16.3. The van der Waals surface area contributed by atoms with E-state index < -0.39 is 9.73 Å². The molecule has 4 rings (SSSR count). The van der Waals surface area contributed by atoms with E-state index in [1.807, 2.05) is 12.1 Å². The normalized spacial score (nSPS) is 20.4. The Morgan fingerprint density at radius 3 is 2.54 bits per heavy atom. The molecule has 2 aromatic rings. The number of nitrogens with one attached hydrogen (secondary N) is 1. The molecule has 0 spiro atoms. The molecule has 0 bridgehead atoms. The van der Waals surface area contributed by atoms with Crippen molar-refractivity contribution in [3.8, 4) is 5.75 Å². The van der Waals surface area contributed by atoms with Crippen molar-refractivity contribution in [2.24, 2.45) is 0 Å². The van der Waals surface area contributed by atoms with E-state index in [4.69, 9.17) is 9.52 Å². The van der Waals surface area contributed by atoms with Gasteiger partial charge in [0.1, 0.15) is 5.75 Å². The van der Waals surface area contributed by atoms with E-state index in [1.165, 1.54) is 28.5 Å². The van der Waals surface area contributed by atoms with Gasteiger partial charge in [0.25, 0.3) is 0 Å². The summed E-state index contributed by atoms with van der Waals surface area (Å²) in [6.45, 7) is 5.04. The van der Waals surface area contributed by atoms with Crippen LogP contribution in [0.2, 0.25) is 0 Å². The molecule has 0 saturated heterocycles. The van der Waals surface area contributed by atoms with Gasteiger partial charge in [-0.3, -0.25) is 4.90 Å². The molecule has 1 N–H and O–H groups in total. The summed E-state index contributed by atoms with van der Waals surface area (Å²) in [6.07, 6.45) is 4.44. The standard InChI is InChI=1S/C21H26N2O2S/c1-15(18-4-3-17-9-12-25-21(17)14-18)23-10-7-16-5-6-20(26(2,22)24)13-19(16)8-11-23/h3-6,13-15,22H,7-12H2,1-2H3/t15-,26?/m1/s1. The van der Waals surface area contributed by atoms with E-state index in [2.05, 4.69) is 36.1 Å². The van der Waals surface area contributed by atoms with Crippen molar-refractivity contribution in [2.75, 3.05) is 26.0 Å². The van der Waals surface area contributed by atoms with Crippen LogP contribution in [0.4, 0.5) is 0 Å². The lowest BCUT2D eigenvalue weighted by Crippen LogP contribution is -2.29. The Hall–Kier alpha value is -1.85. The van der Waals surface area contributed by atoms with Gasteiger partial charge in [-0.25, -0.2) is 8.99 Å². The maximum Gasteiger partial charge on any atom is 0.122 e. The molecule has 0 aromatic heterocycles. The first-order valence-corrected chi connectivity index (χ1v) is 11.2. The van der Waals surface area contributed by atoms with Crippen LogP contribution in [0, 0.1) is 4.78 Å². The molecule has 0 amide bonds. The molecular formula is C21H26N2O2S. The molecule has 138 valence electrons. The fourth-order valence-electron chi connectivity index (χ4n) is 4.00. The third-order valence-electron chi connectivity index (χ3n) is 5.71. The second kappa shape index (κ2) is 6.71. The number of ether oxygens (including phenoxy) is 1. The Morgan fingerprint density at radius 2 is 1.77 bits per heavy atom. The van der Waals surface area contributed by atoms with E-state index >= 15 is 0 Å². The summed E-state index contributed by atoms with van der Waals surface area (Å²) >= 11 is 0. The molecular weight excluding hydrogens is 344 g/mol. The van der Waals surface area contributed by atoms with Gasteiger partial charge in [0.05, 0.1) is 16.3 Å². The molecule has 0 fully saturated rings. The Bertz CT molecular complexity index is 937. The van der Waals surface area contributed by atoms with E-state index in [0.29, 0.717) is 10.9 Å². The van der Waals surface area contributed by atoms with Crippen LogP contribution in [0.1, 0.15) is 35.2 Å². The molecule has 5 heteroatoms. The number of rotatable bonds is 3. The minimum atomic E-state index is -2.65. The van der Waals surface area contributed by atoms with Crippen LogP contribution in [0.5, 0.6) is 5.75 Å². The summed E-state index contributed by atoms with van der Waals surface area (Å²) in [4.78, 5) is 3.16. The Balaban J connectivity index is 1.53. The van der Waals surface area contributed by atoms with Gasteiger partial charge < -0.3 is 4.74 Å². The van der Waals surface area contributed by atoms with Gasteiger partial charge in [-0.1, -0.05) is 18.2 Å². The minimum Gasteiger partial charge on any atom is -0.493 e. The average molecular weight is 371 g/mol. The summed E-state index contributed by atoms with van der Waals surface area (Å²) in [5, 5.41) is 0. The summed E-state index contributed by atoms with van der Waals surface area (Å²) in [5.41, 5.74) is 5.19. The zero-order valence-electron chi connectivity index (χ0n) is 15.5. The van der Waals surface area contributed by atoms with Crippen molar-refractivity contribution in [3.05, 3.63) is 58.7 Å². The van der Waals surface area contributed by atoms with Gasteiger partial charge in [-0.15, -0.1) is 0 Å². The van der Waals surface area contributed by atoms with E-state index in [-0.39, 0.29) is 0 Å². The third kappa shape index (κ3) is 3.38. The van der Waals surface area contributed by atoms with Crippen molar-refractivity contribution in [2.45, 2.75) is 37.1 Å². The fourth-order valence-corrected chi connectivity index (χ4v) is 4.70. The van der Waals surface area contributed by atoms with Crippen LogP contribution in [-0.2, 0) is 29.0 Å². The maximum atomic E-state index is 12.1. The van der Waals surface area contributed by atoms with Crippen molar-refractivity contribution >= 4 is 9.73 Å². The molecule has 0 saturated carbocycles. The maximum absolute atomic E-state index is 12.1. The molecule has 0 radical (unpaired) electrons. The van der Waals surface area contributed by atoms with Crippen LogP contribution in [0.3, 0.4) is 0 Å². The van der Waals surface area contributed by atoms with E-state index in [1.54, 1.807) is 0 Å². The third-order valence-corrected chi connectivity index (χ3v) is 6.87. The second-order valence-corrected chi connectivity index (χ2v) is 9.61. The largest absolute Gasteiger partial charge is 0.493 e. The molecule has 2 aliphatic rings. The number of hydrogen-bond donors (Lipinski definition) is 1. The SMILES string of the molecule is C[C@H](c1ccc2c(c1)OCC2)N1CCc2ccc(S(C)(=N)=O)cc2CC1. The highest BCUT2D eigenvalue weighted by atomic mass is 32.2. The highest BCUT2D eigenvalue weighted by Gasteiger charge is 2.22. The molecule has 2 aromatic carbocycles. The summed E-state index contributed by atoms with van der Waals surface area (Å²) in [5.74, 6) is 1.05. The van der Waals surface area contributed by atoms with Crippen LogP contribution in [0.15, 0.2) is 41.3 Å². The first kappa shape index (κ1) is 17.6. The Kier molecular flexibility index (Phi) is 4.53. The lowest BCUT2D eigenvalue weighted by atomic mass is 10.0. The first-order valence-electron chi connectivity index (χ1n) is 9.27. The van der Waals surface area contributed by atoms with Crippen LogP contribution < -0.4 is 4.74 Å². The molecule has 2 heterocycles. The second-order valence-electron chi connectivity index (χ2n) is 7.45. The molecule has 0 aliphatic carbocycles. The lowest BCUT2D eigenvalue weighted by Gasteiger charge is -2.28. The number of fused-ring (bicyclic) bond motifs is 2. The monoisotopic (exact) mass is 370 g/mol. The molecule has 2 atom stereocenters. The van der Waals surface area contributed by atoms with Crippen molar-refractivity contribution in [3.63, 3.8) is 0 Å². The highest BCUT2D eigenvalue weighted by Crippen LogP contribution is 2.31. The Labute approximate surface area is 156 Å². The van der Waals surface area contributed by atoms with E-state index in [0.717, 1.165) is 44.7 Å². The molecule has 26 heavy (non-hydrogen) atoms. The Morgan fingerprint density at radius 1 is 1.04 bits per heavy atom. The fraction of sp³-hybridized carbons (Fsp3) is 0.429.